The van der Waals surface area contributed by atoms with Gasteiger partial charge < -0.3 is 9.30 Å². The van der Waals surface area contributed by atoms with Crippen LogP contribution in [0.2, 0.25) is 0 Å². The number of pyridine rings is 1. The van der Waals surface area contributed by atoms with Crippen LogP contribution in [0.4, 0.5) is 13.2 Å². The summed E-state index contributed by atoms with van der Waals surface area (Å²) in [5.41, 5.74) is 0.429. The summed E-state index contributed by atoms with van der Waals surface area (Å²) in [7, 11) is 3.58. The van der Waals surface area contributed by atoms with Crippen molar-refractivity contribution in [3.63, 3.8) is 0 Å². The summed E-state index contributed by atoms with van der Waals surface area (Å²) >= 11 is 0. The first-order chi connectivity index (χ1) is 19.7. The second kappa shape index (κ2) is 11.1. The van der Waals surface area contributed by atoms with Gasteiger partial charge in [-0.15, -0.1) is 10.2 Å². The van der Waals surface area contributed by atoms with E-state index in [-0.39, 0.29) is 17.5 Å². The summed E-state index contributed by atoms with van der Waals surface area (Å²) in [6, 6.07) is 8.69. The Morgan fingerprint density at radius 3 is 2.61 bits per heavy atom. The third-order valence-corrected chi connectivity index (χ3v) is 8.73. The summed E-state index contributed by atoms with van der Waals surface area (Å²) in [5.74, 6) is 1.23. The van der Waals surface area contributed by atoms with Gasteiger partial charge in [0.1, 0.15) is 12.2 Å². The minimum absolute atomic E-state index is 0.00850. The Balaban J connectivity index is 1.40. The Bertz CT molecular complexity index is 1590. The quantitative estimate of drug-likeness (QED) is 0.308. The monoisotopic (exact) mass is 568 g/mol. The highest BCUT2D eigenvalue weighted by Gasteiger charge is 2.35. The van der Waals surface area contributed by atoms with Crippen molar-refractivity contribution in [2.45, 2.75) is 63.3 Å². The maximum absolute atomic E-state index is 14.3. The number of methoxy groups -OCH3 is 1. The number of likely N-dealkylation sites (tertiary alicyclic amines) is 1. The van der Waals surface area contributed by atoms with Crippen LogP contribution in [0.1, 0.15) is 67.0 Å². The molecule has 1 saturated heterocycles. The zero-order valence-electron chi connectivity index (χ0n) is 23.3. The molecule has 41 heavy (non-hydrogen) atoms. The first-order valence-electron chi connectivity index (χ1n) is 14.3. The predicted octanol–water partition coefficient (Wildman–Crippen LogP) is 5.17. The van der Waals surface area contributed by atoms with Crippen molar-refractivity contribution in [1.82, 2.24) is 28.6 Å². The molecule has 0 N–H and O–H groups in total. The third-order valence-electron chi connectivity index (χ3n) is 8.73. The molecule has 0 radical (unpaired) electrons. The number of halogens is 3. The lowest BCUT2D eigenvalue weighted by atomic mass is 9.72. The first kappa shape index (κ1) is 27.7. The van der Waals surface area contributed by atoms with Crippen molar-refractivity contribution in [3.05, 3.63) is 82.1 Å². The normalized spacial score (nSPS) is 19.8. The van der Waals surface area contributed by atoms with E-state index in [1.807, 2.05) is 29.8 Å². The molecule has 11 heteroatoms. The SMILES string of the molecule is CO[C@@H]1CCCCN(Cc2cc(C(F)(F)F)c3cn(-c4cccc([C@H](c5nncn5C)C5CCC5)c4)c(=O)n3c2)C1. The van der Waals surface area contributed by atoms with Crippen LogP contribution in [-0.2, 0) is 24.5 Å². The number of aromatic nitrogens is 5. The van der Waals surface area contributed by atoms with Crippen molar-refractivity contribution in [3.8, 4) is 5.69 Å². The van der Waals surface area contributed by atoms with Gasteiger partial charge in [0.05, 0.1) is 22.9 Å². The Kier molecular flexibility index (Phi) is 7.50. The lowest BCUT2D eigenvalue weighted by Gasteiger charge is -2.33. The Labute approximate surface area is 236 Å². The Morgan fingerprint density at radius 2 is 1.93 bits per heavy atom. The number of rotatable bonds is 7. The minimum atomic E-state index is -4.61. The largest absolute Gasteiger partial charge is 0.418 e. The zero-order chi connectivity index (χ0) is 28.7. The zero-order valence-corrected chi connectivity index (χ0v) is 23.3. The highest BCUT2D eigenvalue weighted by molar-refractivity contribution is 5.58. The molecule has 2 fully saturated rings. The molecule has 1 aliphatic carbocycles. The Hall–Kier alpha value is -3.44. The average Bonchev–Trinajstić information content (AvgIpc) is 3.40. The molecular weight excluding hydrogens is 533 g/mol. The second-order valence-corrected chi connectivity index (χ2v) is 11.4. The van der Waals surface area contributed by atoms with E-state index in [9.17, 15) is 18.0 Å². The molecule has 1 aliphatic heterocycles. The highest BCUT2D eigenvalue weighted by atomic mass is 19.4. The molecule has 0 spiro atoms. The lowest BCUT2D eigenvalue weighted by molar-refractivity contribution is -0.136. The third kappa shape index (κ3) is 5.44. The molecule has 0 amide bonds. The molecule has 8 nitrogen and oxygen atoms in total. The fraction of sp³-hybridized carbons (Fsp3) is 0.500. The van der Waals surface area contributed by atoms with Gasteiger partial charge in [0.15, 0.2) is 0 Å². The van der Waals surface area contributed by atoms with Gasteiger partial charge in [-0.25, -0.2) is 4.79 Å². The van der Waals surface area contributed by atoms with Crippen molar-refractivity contribution in [2.75, 3.05) is 20.2 Å². The first-order valence-corrected chi connectivity index (χ1v) is 14.3. The maximum Gasteiger partial charge on any atom is 0.418 e. The van der Waals surface area contributed by atoms with E-state index < -0.39 is 17.4 Å². The van der Waals surface area contributed by atoms with E-state index in [4.69, 9.17) is 4.74 Å². The number of fused-ring (bicyclic) bond motifs is 1. The number of imidazole rings is 1. The van der Waals surface area contributed by atoms with Crippen LogP contribution in [0.25, 0.3) is 11.2 Å². The van der Waals surface area contributed by atoms with Crippen LogP contribution in [-0.4, -0.2) is 54.9 Å². The molecule has 4 aromatic rings. The predicted molar refractivity (Wildman–Crippen MR) is 148 cm³/mol. The Morgan fingerprint density at radius 1 is 1.10 bits per heavy atom. The molecule has 218 valence electrons. The molecule has 0 unspecified atom stereocenters. The van der Waals surface area contributed by atoms with Gasteiger partial charge in [0.2, 0.25) is 0 Å². The van der Waals surface area contributed by atoms with Gasteiger partial charge in [-0.1, -0.05) is 18.6 Å². The molecule has 0 bridgehead atoms. The van der Waals surface area contributed by atoms with Crippen molar-refractivity contribution in [2.24, 2.45) is 13.0 Å². The molecule has 3 aromatic heterocycles. The lowest BCUT2D eigenvalue weighted by Crippen LogP contribution is -2.32. The fourth-order valence-corrected chi connectivity index (χ4v) is 6.36. The number of alkyl halides is 3. The van der Waals surface area contributed by atoms with E-state index in [2.05, 4.69) is 15.1 Å². The van der Waals surface area contributed by atoms with Crippen LogP contribution in [0.5, 0.6) is 0 Å². The van der Waals surface area contributed by atoms with E-state index in [0.29, 0.717) is 30.3 Å². The van der Waals surface area contributed by atoms with Crippen LogP contribution in [0.3, 0.4) is 0 Å². The summed E-state index contributed by atoms with van der Waals surface area (Å²) in [4.78, 5) is 15.8. The van der Waals surface area contributed by atoms with Crippen LogP contribution >= 0.6 is 0 Å². The van der Waals surface area contributed by atoms with Crippen molar-refractivity contribution in [1.29, 1.82) is 0 Å². The van der Waals surface area contributed by atoms with E-state index in [0.717, 1.165) is 60.9 Å². The number of nitrogens with zero attached hydrogens (tertiary/aromatic N) is 6. The van der Waals surface area contributed by atoms with E-state index in [1.165, 1.54) is 16.8 Å². The molecule has 6 rings (SSSR count). The number of hydrogen-bond donors (Lipinski definition) is 0. The molecule has 4 heterocycles. The summed E-state index contributed by atoms with van der Waals surface area (Å²) in [6.45, 7) is 1.73. The van der Waals surface area contributed by atoms with Gasteiger partial charge >= 0.3 is 11.9 Å². The van der Waals surface area contributed by atoms with Crippen LogP contribution in [0, 0.1) is 5.92 Å². The fourth-order valence-electron chi connectivity index (χ4n) is 6.36. The maximum atomic E-state index is 14.3. The molecule has 1 aromatic carbocycles. The van der Waals surface area contributed by atoms with Gasteiger partial charge in [-0.05, 0) is 73.9 Å². The number of ether oxygens (including phenoxy) is 1. The van der Waals surface area contributed by atoms with Gasteiger partial charge in [-0.3, -0.25) is 13.9 Å². The number of hydrogen-bond acceptors (Lipinski definition) is 5. The number of aryl methyl sites for hydroxylation is 1. The number of benzene rings is 1. The van der Waals surface area contributed by atoms with Crippen LogP contribution in [0.15, 0.2) is 53.8 Å². The van der Waals surface area contributed by atoms with Gasteiger partial charge in [0, 0.05) is 45.6 Å². The van der Waals surface area contributed by atoms with Crippen molar-refractivity contribution >= 4 is 5.52 Å². The van der Waals surface area contributed by atoms with E-state index >= 15 is 0 Å². The molecule has 2 aliphatic rings. The van der Waals surface area contributed by atoms with Gasteiger partial charge in [-0.2, -0.15) is 13.2 Å². The molecule has 1 saturated carbocycles. The molecule has 2 atom stereocenters. The van der Waals surface area contributed by atoms with Gasteiger partial charge in [0.25, 0.3) is 0 Å². The van der Waals surface area contributed by atoms with Crippen LogP contribution < -0.4 is 5.69 Å². The van der Waals surface area contributed by atoms with Crippen molar-refractivity contribution < 1.29 is 17.9 Å². The topological polar surface area (TPSA) is 69.6 Å². The summed E-state index contributed by atoms with van der Waals surface area (Å²) in [5, 5.41) is 8.43. The standard InChI is InChI=1S/C30H35F3N6O2/c1-36-19-34-35-28(36)27(21-7-5-8-21)22-9-6-10-23(14-22)38-18-26-25(30(31,32)33)13-20(16-39(26)29(38)40)15-37-12-4-3-11-24(17-37)41-2/h6,9-10,13-14,16,18-19,21,24,27H,3-5,7-8,11-12,15,17H2,1-2H3/t24-,27-/m1/s1. The smallest absolute Gasteiger partial charge is 0.380 e. The summed E-state index contributed by atoms with van der Waals surface area (Å²) < 4.78 is 52.9. The highest BCUT2D eigenvalue weighted by Crippen LogP contribution is 2.43. The average molecular weight is 569 g/mol. The second-order valence-electron chi connectivity index (χ2n) is 11.4. The minimum Gasteiger partial charge on any atom is -0.380 e. The molecular formula is C30H35F3N6O2. The van der Waals surface area contributed by atoms with E-state index in [1.54, 1.807) is 25.7 Å². The summed E-state index contributed by atoms with van der Waals surface area (Å²) in [6.07, 6.45) is 6.15.